The predicted molar refractivity (Wildman–Crippen MR) is 145 cm³/mol. The Morgan fingerprint density at radius 1 is 1.16 bits per heavy atom. The lowest BCUT2D eigenvalue weighted by Gasteiger charge is -2.29. The minimum atomic E-state index is -1.14. The van der Waals surface area contributed by atoms with Crippen LogP contribution in [0.4, 0.5) is 16.2 Å². The number of aromatic carboxylic acids is 1. The molecule has 0 radical (unpaired) electrons. The maximum Gasteiger partial charge on any atom is 0.411 e. The molecule has 0 spiro atoms. The monoisotopic (exact) mass is 564 g/mol. The van der Waals surface area contributed by atoms with E-state index in [-0.39, 0.29) is 30.3 Å². The van der Waals surface area contributed by atoms with Gasteiger partial charge in [-0.15, -0.1) is 23.7 Å². The molecule has 0 atom stereocenters. The van der Waals surface area contributed by atoms with Crippen LogP contribution >= 0.6 is 35.3 Å². The number of rotatable bonds is 7. The minimum absolute atomic E-state index is 0. The normalized spacial score (nSPS) is 12.9. The molecule has 3 aromatic rings. The molecule has 1 aliphatic rings. The Bertz CT molecular complexity index is 1300. The molecule has 2 amide bonds. The van der Waals surface area contributed by atoms with Gasteiger partial charge in [-0.1, -0.05) is 17.7 Å². The first-order valence-corrected chi connectivity index (χ1v) is 12.5. The van der Waals surface area contributed by atoms with Crippen LogP contribution in [0.2, 0.25) is 5.02 Å². The summed E-state index contributed by atoms with van der Waals surface area (Å²) in [6.07, 6.45) is 0.0624. The predicted octanol–water partition coefficient (Wildman–Crippen LogP) is 5.68. The number of hydrogen-bond acceptors (Lipinski definition) is 7. The summed E-state index contributed by atoms with van der Waals surface area (Å²) in [7, 11) is 0. The fraction of sp³-hybridized carbons (Fsp3) is 0.280. The van der Waals surface area contributed by atoms with Crippen molar-refractivity contribution in [1.82, 2.24) is 9.88 Å². The Kier molecular flexibility index (Phi) is 9.50. The number of nitrogens with zero attached hydrogens (tertiary/aromatic N) is 2. The van der Waals surface area contributed by atoms with Crippen molar-refractivity contribution in [3.8, 4) is 0 Å². The van der Waals surface area contributed by atoms with Gasteiger partial charge >= 0.3 is 12.1 Å². The van der Waals surface area contributed by atoms with Crippen molar-refractivity contribution in [2.75, 3.05) is 17.2 Å². The van der Waals surface area contributed by atoms with E-state index >= 15 is 0 Å². The third-order valence-electron chi connectivity index (χ3n) is 5.74. The van der Waals surface area contributed by atoms with Crippen LogP contribution in [0.25, 0.3) is 0 Å². The number of carboxylic acids is 1. The van der Waals surface area contributed by atoms with Gasteiger partial charge < -0.3 is 15.2 Å². The Hall–Kier alpha value is -3.18. The number of ether oxygens (including phenoxy) is 1. The van der Waals surface area contributed by atoms with Gasteiger partial charge in [0.05, 0.1) is 11.3 Å². The fourth-order valence-electron chi connectivity index (χ4n) is 3.71. The second-order valence-corrected chi connectivity index (χ2v) is 10.1. The number of amides is 2. The standard InChI is InChI=1S/C25H25ClN4O5S.ClH/c1-14(2)30-10-9-19-21(12-30)36-23(29-19)22(31)28-20-11-15(24(32)33)3-4-16(20)13-35-25(34)27-18-7-5-17(26)6-8-18;/h3-8,11,14H,9-10,12-13H2,1-2H3,(H,27,34)(H,28,31)(H,32,33);1H. The van der Waals surface area contributed by atoms with E-state index in [0.717, 1.165) is 30.1 Å². The van der Waals surface area contributed by atoms with E-state index in [1.165, 1.54) is 29.5 Å². The van der Waals surface area contributed by atoms with Crippen LogP contribution in [0.3, 0.4) is 0 Å². The number of carboxylic acid groups (broad SMARTS) is 1. The second-order valence-electron chi connectivity index (χ2n) is 8.54. The number of halogens is 2. The number of anilines is 2. The summed E-state index contributed by atoms with van der Waals surface area (Å²) in [6.45, 7) is 5.71. The topological polar surface area (TPSA) is 121 Å². The van der Waals surface area contributed by atoms with Crippen LogP contribution in [0, 0.1) is 0 Å². The minimum Gasteiger partial charge on any atom is -0.478 e. The first-order chi connectivity index (χ1) is 17.2. The van der Waals surface area contributed by atoms with Crippen molar-refractivity contribution in [2.45, 2.75) is 39.5 Å². The molecule has 0 unspecified atom stereocenters. The van der Waals surface area contributed by atoms with Gasteiger partial charge in [-0.05, 0) is 50.2 Å². The molecule has 2 heterocycles. The molecule has 0 fully saturated rings. The molecule has 3 N–H and O–H groups in total. The van der Waals surface area contributed by atoms with Gasteiger partial charge in [-0.25, -0.2) is 14.6 Å². The summed E-state index contributed by atoms with van der Waals surface area (Å²) in [5, 5.41) is 15.6. The SMILES string of the molecule is CC(C)N1CCc2nc(C(=O)Nc3cc(C(=O)O)ccc3COC(=O)Nc3ccc(Cl)cc3)sc2C1.Cl. The lowest BCUT2D eigenvalue weighted by Crippen LogP contribution is -2.35. The van der Waals surface area contributed by atoms with Crippen LogP contribution in [-0.4, -0.2) is 45.5 Å². The Labute approximate surface area is 229 Å². The van der Waals surface area contributed by atoms with Gasteiger partial charge in [0.15, 0.2) is 5.01 Å². The van der Waals surface area contributed by atoms with Crippen LogP contribution in [0.5, 0.6) is 0 Å². The number of benzene rings is 2. The number of carbonyl (C=O) groups excluding carboxylic acids is 2. The van der Waals surface area contributed by atoms with Crippen molar-refractivity contribution in [1.29, 1.82) is 0 Å². The van der Waals surface area contributed by atoms with Crippen LogP contribution in [0.1, 0.15) is 50.1 Å². The van der Waals surface area contributed by atoms with Crippen LogP contribution < -0.4 is 10.6 Å². The maximum atomic E-state index is 13.0. The van der Waals surface area contributed by atoms with Crippen LogP contribution in [0.15, 0.2) is 42.5 Å². The van der Waals surface area contributed by atoms with E-state index in [1.807, 2.05) is 0 Å². The third-order valence-corrected chi connectivity index (χ3v) is 7.07. The highest BCUT2D eigenvalue weighted by molar-refractivity contribution is 7.13. The third kappa shape index (κ3) is 7.20. The molecular formula is C25H26Cl2N4O5S. The van der Waals surface area contributed by atoms with Gasteiger partial charge in [0.1, 0.15) is 6.61 Å². The smallest absolute Gasteiger partial charge is 0.411 e. The summed E-state index contributed by atoms with van der Waals surface area (Å²) in [5.74, 6) is -1.59. The highest BCUT2D eigenvalue weighted by Crippen LogP contribution is 2.28. The molecule has 196 valence electrons. The van der Waals surface area contributed by atoms with E-state index in [2.05, 4.69) is 34.4 Å². The molecule has 1 aliphatic heterocycles. The van der Waals surface area contributed by atoms with Gasteiger partial charge in [-0.2, -0.15) is 0 Å². The van der Waals surface area contributed by atoms with Gasteiger partial charge in [0.25, 0.3) is 5.91 Å². The lowest BCUT2D eigenvalue weighted by atomic mass is 10.1. The van der Waals surface area contributed by atoms with E-state index in [0.29, 0.717) is 27.3 Å². The van der Waals surface area contributed by atoms with E-state index in [4.69, 9.17) is 16.3 Å². The Morgan fingerprint density at radius 3 is 2.57 bits per heavy atom. The maximum absolute atomic E-state index is 13.0. The summed E-state index contributed by atoms with van der Waals surface area (Å²) in [5.41, 5.74) is 2.08. The fourth-order valence-corrected chi connectivity index (χ4v) is 4.87. The average Bonchev–Trinajstić information content (AvgIpc) is 3.28. The van der Waals surface area contributed by atoms with Gasteiger partial charge in [0, 0.05) is 52.4 Å². The second kappa shape index (κ2) is 12.4. The largest absolute Gasteiger partial charge is 0.478 e. The summed E-state index contributed by atoms with van der Waals surface area (Å²) >= 11 is 7.18. The van der Waals surface area contributed by atoms with E-state index in [9.17, 15) is 19.5 Å². The summed E-state index contributed by atoms with van der Waals surface area (Å²) < 4.78 is 5.29. The number of aromatic nitrogens is 1. The highest BCUT2D eigenvalue weighted by Gasteiger charge is 2.25. The quantitative estimate of drug-likeness (QED) is 0.337. The average molecular weight is 565 g/mol. The molecule has 9 nitrogen and oxygen atoms in total. The van der Waals surface area contributed by atoms with Crippen molar-refractivity contribution in [3.63, 3.8) is 0 Å². The van der Waals surface area contributed by atoms with Crippen molar-refractivity contribution < 1.29 is 24.2 Å². The first kappa shape index (κ1) is 28.4. The number of nitrogens with one attached hydrogen (secondary N) is 2. The molecule has 0 saturated heterocycles. The Morgan fingerprint density at radius 2 is 1.89 bits per heavy atom. The molecule has 12 heteroatoms. The highest BCUT2D eigenvalue weighted by atomic mass is 35.5. The molecule has 0 saturated carbocycles. The number of hydrogen-bond donors (Lipinski definition) is 3. The molecule has 37 heavy (non-hydrogen) atoms. The summed E-state index contributed by atoms with van der Waals surface area (Å²) in [6, 6.07) is 11.1. The van der Waals surface area contributed by atoms with E-state index < -0.39 is 18.0 Å². The van der Waals surface area contributed by atoms with Crippen molar-refractivity contribution in [3.05, 3.63) is 74.2 Å². The van der Waals surface area contributed by atoms with E-state index in [1.54, 1.807) is 24.3 Å². The van der Waals surface area contributed by atoms with Crippen LogP contribution in [-0.2, 0) is 24.3 Å². The molecule has 0 aliphatic carbocycles. The molecular weight excluding hydrogens is 539 g/mol. The summed E-state index contributed by atoms with van der Waals surface area (Å²) in [4.78, 5) is 44.7. The van der Waals surface area contributed by atoms with Crippen molar-refractivity contribution >= 4 is 64.7 Å². The lowest BCUT2D eigenvalue weighted by molar-refractivity contribution is 0.0696. The first-order valence-electron chi connectivity index (χ1n) is 11.3. The zero-order chi connectivity index (χ0) is 25.8. The van der Waals surface area contributed by atoms with Gasteiger partial charge in [0.2, 0.25) is 0 Å². The molecule has 0 bridgehead atoms. The van der Waals surface area contributed by atoms with Gasteiger partial charge in [-0.3, -0.25) is 15.0 Å². The van der Waals surface area contributed by atoms with Crippen molar-refractivity contribution in [2.24, 2.45) is 0 Å². The number of carbonyl (C=O) groups is 3. The number of fused-ring (bicyclic) bond motifs is 1. The molecule has 2 aromatic carbocycles. The zero-order valence-corrected chi connectivity index (χ0v) is 22.5. The Balaban J connectivity index is 0.00000380. The zero-order valence-electron chi connectivity index (χ0n) is 20.1. The molecule has 1 aromatic heterocycles. The number of thiazole rings is 1. The molecule has 4 rings (SSSR count).